The fourth-order valence-electron chi connectivity index (χ4n) is 3.50. The Balaban J connectivity index is 1.55. The highest BCUT2D eigenvalue weighted by Crippen LogP contribution is 2.42. The summed E-state index contributed by atoms with van der Waals surface area (Å²) >= 11 is 0. The lowest BCUT2D eigenvalue weighted by atomic mass is 9.80. The van der Waals surface area contributed by atoms with Gasteiger partial charge in [-0.2, -0.15) is 5.26 Å². The van der Waals surface area contributed by atoms with Crippen LogP contribution in [-0.2, 0) is 4.74 Å². The Morgan fingerprint density at radius 1 is 1.10 bits per heavy atom. The zero-order valence-corrected chi connectivity index (χ0v) is 12.9. The summed E-state index contributed by atoms with van der Waals surface area (Å²) in [4.78, 5) is 0. The third kappa shape index (κ3) is 3.18. The Morgan fingerprint density at radius 2 is 1.85 bits per heavy atom. The second-order valence-corrected chi connectivity index (χ2v) is 7.48. The van der Waals surface area contributed by atoms with Crippen molar-refractivity contribution in [3.8, 4) is 6.07 Å². The quantitative estimate of drug-likeness (QED) is 0.810. The molecule has 3 heteroatoms. The molecule has 0 aromatic heterocycles. The maximum atomic E-state index is 9.69. The summed E-state index contributed by atoms with van der Waals surface area (Å²) in [5.41, 5.74) is -0.395. The van der Waals surface area contributed by atoms with E-state index < -0.39 is 5.54 Å². The largest absolute Gasteiger partial charge is 0.375 e. The van der Waals surface area contributed by atoms with Crippen molar-refractivity contribution >= 4 is 0 Å². The van der Waals surface area contributed by atoms with Gasteiger partial charge in [0.1, 0.15) is 5.54 Å². The van der Waals surface area contributed by atoms with E-state index in [1.165, 1.54) is 38.5 Å². The fraction of sp³-hybridized carbons (Fsp3) is 0.941. The third-order valence-electron chi connectivity index (χ3n) is 5.61. The zero-order chi connectivity index (χ0) is 14.2. The minimum atomic E-state index is -0.395. The molecule has 0 radical (unpaired) electrons. The molecule has 4 atom stereocenters. The third-order valence-corrected chi connectivity index (χ3v) is 5.61. The van der Waals surface area contributed by atoms with Gasteiger partial charge >= 0.3 is 0 Å². The van der Waals surface area contributed by atoms with Crippen LogP contribution in [-0.4, -0.2) is 24.3 Å². The van der Waals surface area contributed by atoms with Crippen LogP contribution in [0, 0.1) is 29.1 Å². The van der Waals surface area contributed by atoms with E-state index in [1.54, 1.807) is 0 Å². The van der Waals surface area contributed by atoms with E-state index in [-0.39, 0.29) is 0 Å². The van der Waals surface area contributed by atoms with Crippen LogP contribution in [0.2, 0.25) is 0 Å². The standard InChI is InChI=1S/C17H28N2O/c1-12-3-8-16(9-13(12)2)20-11-17(10-18,14-4-5-14)19-15-6-7-15/h12-16,19H,3-9,11H2,1-2H3. The minimum Gasteiger partial charge on any atom is -0.375 e. The Morgan fingerprint density at radius 3 is 2.40 bits per heavy atom. The highest BCUT2D eigenvalue weighted by molar-refractivity contribution is 5.17. The molecule has 3 nitrogen and oxygen atoms in total. The van der Waals surface area contributed by atoms with Crippen LogP contribution in [0.15, 0.2) is 0 Å². The SMILES string of the molecule is CC1CCC(OCC(C#N)(NC2CC2)C2CC2)CC1C. The first-order valence-electron chi connectivity index (χ1n) is 8.43. The van der Waals surface area contributed by atoms with E-state index >= 15 is 0 Å². The van der Waals surface area contributed by atoms with Crippen LogP contribution >= 0.6 is 0 Å². The number of hydrogen-bond acceptors (Lipinski definition) is 3. The Hall–Kier alpha value is -0.590. The topological polar surface area (TPSA) is 45.0 Å². The molecule has 112 valence electrons. The monoisotopic (exact) mass is 276 g/mol. The summed E-state index contributed by atoms with van der Waals surface area (Å²) in [5, 5.41) is 13.3. The number of nitrogens with one attached hydrogen (secondary N) is 1. The first kappa shape index (κ1) is 14.4. The van der Waals surface area contributed by atoms with Crippen LogP contribution in [0.4, 0.5) is 0 Å². The van der Waals surface area contributed by atoms with Gasteiger partial charge in [0.05, 0.1) is 18.8 Å². The minimum absolute atomic E-state index is 0.369. The van der Waals surface area contributed by atoms with Crippen molar-refractivity contribution in [2.75, 3.05) is 6.61 Å². The lowest BCUT2D eigenvalue weighted by Crippen LogP contribution is -2.52. The van der Waals surface area contributed by atoms with E-state index in [2.05, 4.69) is 25.2 Å². The second kappa shape index (κ2) is 5.66. The zero-order valence-electron chi connectivity index (χ0n) is 12.9. The van der Waals surface area contributed by atoms with Crippen LogP contribution in [0.25, 0.3) is 0 Å². The smallest absolute Gasteiger partial charge is 0.133 e. The predicted molar refractivity (Wildman–Crippen MR) is 79.1 cm³/mol. The molecule has 0 bridgehead atoms. The van der Waals surface area contributed by atoms with Crippen molar-refractivity contribution in [1.82, 2.24) is 5.32 Å². The van der Waals surface area contributed by atoms with Gasteiger partial charge in [-0.1, -0.05) is 13.8 Å². The summed E-state index contributed by atoms with van der Waals surface area (Å²) in [6.45, 7) is 5.27. The molecule has 0 aliphatic heterocycles. The molecule has 1 N–H and O–H groups in total. The summed E-state index contributed by atoms with van der Waals surface area (Å²) < 4.78 is 6.20. The summed E-state index contributed by atoms with van der Waals surface area (Å²) in [6.07, 6.45) is 8.81. The fourth-order valence-corrected chi connectivity index (χ4v) is 3.50. The van der Waals surface area contributed by atoms with Gasteiger partial charge in [0.25, 0.3) is 0 Å². The molecule has 0 aromatic rings. The maximum absolute atomic E-state index is 9.69. The van der Waals surface area contributed by atoms with Gasteiger partial charge in [-0.25, -0.2) is 0 Å². The maximum Gasteiger partial charge on any atom is 0.133 e. The average molecular weight is 276 g/mol. The molecule has 0 aromatic carbocycles. The van der Waals surface area contributed by atoms with Gasteiger partial charge in [0.15, 0.2) is 0 Å². The van der Waals surface area contributed by atoms with Crippen LogP contribution in [0.3, 0.4) is 0 Å². The second-order valence-electron chi connectivity index (χ2n) is 7.48. The summed E-state index contributed by atoms with van der Waals surface area (Å²) in [7, 11) is 0. The lowest BCUT2D eigenvalue weighted by molar-refractivity contribution is -0.0217. The summed E-state index contributed by atoms with van der Waals surface area (Å²) in [6, 6.07) is 3.15. The summed E-state index contributed by atoms with van der Waals surface area (Å²) in [5.74, 6) is 2.10. The van der Waals surface area contributed by atoms with Crippen molar-refractivity contribution in [1.29, 1.82) is 5.26 Å². The van der Waals surface area contributed by atoms with Crippen molar-refractivity contribution in [3.63, 3.8) is 0 Å². The molecule has 0 heterocycles. The molecule has 3 aliphatic rings. The van der Waals surface area contributed by atoms with Gasteiger partial charge in [0.2, 0.25) is 0 Å². The molecule has 0 saturated heterocycles. The van der Waals surface area contributed by atoms with E-state index in [0.717, 1.165) is 18.3 Å². The molecule has 3 fully saturated rings. The first-order chi connectivity index (χ1) is 9.63. The normalized spacial score (nSPS) is 37.1. The molecule has 20 heavy (non-hydrogen) atoms. The number of nitriles is 1. The van der Waals surface area contributed by atoms with E-state index in [9.17, 15) is 5.26 Å². The number of nitrogens with zero attached hydrogens (tertiary/aromatic N) is 1. The van der Waals surface area contributed by atoms with Gasteiger partial charge < -0.3 is 4.74 Å². The van der Waals surface area contributed by atoms with Crippen molar-refractivity contribution in [2.24, 2.45) is 17.8 Å². The highest BCUT2D eigenvalue weighted by atomic mass is 16.5. The number of rotatable bonds is 6. The molecule has 3 saturated carbocycles. The first-order valence-corrected chi connectivity index (χ1v) is 8.43. The van der Waals surface area contributed by atoms with E-state index in [4.69, 9.17) is 4.74 Å². The van der Waals surface area contributed by atoms with Crippen LogP contribution in [0.1, 0.15) is 58.8 Å². The average Bonchev–Trinajstić information content (AvgIpc) is 3.31. The van der Waals surface area contributed by atoms with E-state index in [0.29, 0.717) is 24.7 Å². The number of ether oxygens (including phenoxy) is 1. The van der Waals surface area contributed by atoms with Gasteiger partial charge in [0, 0.05) is 6.04 Å². The molecular formula is C17H28N2O. The Kier molecular flexibility index (Phi) is 4.06. The molecule has 4 unspecified atom stereocenters. The van der Waals surface area contributed by atoms with Crippen molar-refractivity contribution in [2.45, 2.75) is 76.5 Å². The van der Waals surface area contributed by atoms with Crippen molar-refractivity contribution in [3.05, 3.63) is 0 Å². The molecule has 3 aliphatic carbocycles. The van der Waals surface area contributed by atoms with E-state index in [1.807, 2.05) is 0 Å². The van der Waals surface area contributed by atoms with Crippen LogP contribution < -0.4 is 5.32 Å². The Labute approximate surface area is 123 Å². The molecule has 3 rings (SSSR count). The Bertz CT molecular complexity index is 383. The van der Waals surface area contributed by atoms with Crippen molar-refractivity contribution < 1.29 is 4.74 Å². The molecular weight excluding hydrogens is 248 g/mol. The highest BCUT2D eigenvalue weighted by Gasteiger charge is 2.49. The van der Waals surface area contributed by atoms with Gasteiger partial charge in [-0.3, -0.25) is 5.32 Å². The van der Waals surface area contributed by atoms with Gasteiger partial charge in [-0.15, -0.1) is 0 Å². The molecule has 0 spiro atoms. The lowest BCUT2D eigenvalue weighted by Gasteiger charge is -2.35. The van der Waals surface area contributed by atoms with Crippen LogP contribution in [0.5, 0.6) is 0 Å². The molecule has 0 amide bonds. The van der Waals surface area contributed by atoms with Gasteiger partial charge in [-0.05, 0) is 62.7 Å². The predicted octanol–water partition coefficient (Wildman–Crippen LogP) is 3.25. The number of hydrogen-bond donors (Lipinski definition) is 1.